The third-order valence-corrected chi connectivity index (χ3v) is 4.51. The number of rotatable bonds is 10. The summed E-state index contributed by atoms with van der Waals surface area (Å²) in [5.74, 6) is 0. The van der Waals surface area contributed by atoms with Gasteiger partial charge < -0.3 is 14.0 Å². The Morgan fingerprint density at radius 2 is 2.04 bits per heavy atom. The monoisotopic (exact) mass is 398 g/mol. The summed E-state index contributed by atoms with van der Waals surface area (Å²) in [4.78, 5) is 16.1. The Morgan fingerprint density at radius 1 is 1.23 bits per heavy atom. The largest absolute Gasteiger partial charge is 0.508 e. The van der Waals surface area contributed by atoms with E-state index in [9.17, 15) is 4.79 Å². The van der Waals surface area contributed by atoms with Gasteiger partial charge in [-0.3, -0.25) is 0 Å². The molecule has 0 aliphatic heterocycles. The molecule has 2 aromatic rings. The second-order valence-corrected chi connectivity index (χ2v) is 6.89. The SMILES string of the molecule is CCCCCCCOC(=O)OC(Cn1ccnc1)c1ccc(Cl)cc1Cl. The van der Waals surface area contributed by atoms with Gasteiger partial charge in [-0.05, 0) is 18.6 Å². The van der Waals surface area contributed by atoms with Crippen LogP contribution >= 0.6 is 23.2 Å². The van der Waals surface area contributed by atoms with Gasteiger partial charge >= 0.3 is 6.16 Å². The van der Waals surface area contributed by atoms with E-state index in [1.54, 1.807) is 36.9 Å². The van der Waals surface area contributed by atoms with Crippen molar-refractivity contribution in [2.45, 2.75) is 51.7 Å². The van der Waals surface area contributed by atoms with Crippen molar-refractivity contribution in [1.82, 2.24) is 9.55 Å². The van der Waals surface area contributed by atoms with Crippen molar-refractivity contribution in [3.63, 3.8) is 0 Å². The van der Waals surface area contributed by atoms with Gasteiger partial charge in [-0.2, -0.15) is 0 Å². The molecule has 1 unspecified atom stereocenters. The molecule has 0 radical (unpaired) electrons. The summed E-state index contributed by atoms with van der Waals surface area (Å²) in [7, 11) is 0. The average molecular weight is 399 g/mol. The zero-order valence-corrected chi connectivity index (χ0v) is 16.4. The van der Waals surface area contributed by atoms with Crippen LogP contribution in [0.15, 0.2) is 36.9 Å². The number of benzene rings is 1. The summed E-state index contributed by atoms with van der Waals surface area (Å²) in [6.07, 6.45) is 9.23. The molecule has 5 nitrogen and oxygen atoms in total. The van der Waals surface area contributed by atoms with Crippen LogP contribution in [0.25, 0.3) is 0 Å². The molecule has 0 amide bonds. The zero-order valence-electron chi connectivity index (χ0n) is 14.9. The lowest BCUT2D eigenvalue weighted by molar-refractivity contribution is 0.0162. The molecule has 7 heteroatoms. The number of halogens is 2. The summed E-state index contributed by atoms with van der Waals surface area (Å²) < 4.78 is 12.5. The van der Waals surface area contributed by atoms with Crippen molar-refractivity contribution in [1.29, 1.82) is 0 Å². The van der Waals surface area contributed by atoms with E-state index in [0.717, 1.165) is 19.3 Å². The third-order valence-electron chi connectivity index (χ3n) is 3.95. The highest BCUT2D eigenvalue weighted by Gasteiger charge is 2.21. The predicted molar refractivity (Wildman–Crippen MR) is 103 cm³/mol. The van der Waals surface area contributed by atoms with Gasteiger partial charge in [0.15, 0.2) is 0 Å². The minimum Gasteiger partial charge on any atom is -0.434 e. The van der Waals surface area contributed by atoms with Crippen molar-refractivity contribution in [2.24, 2.45) is 0 Å². The molecule has 0 spiro atoms. The summed E-state index contributed by atoms with van der Waals surface area (Å²) in [6, 6.07) is 5.10. The van der Waals surface area contributed by atoms with Crippen LogP contribution in [0.5, 0.6) is 0 Å². The summed E-state index contributed by atoms with van der Waals surface area (Å²) in [5.41, 5.74) is 0.671. The van der Waals surface area contributed by atoms with Crippen LogP contribution in [0.1, 0.15) is 50.7 Å². The summed E-state index contributed by atoms with van der Waals surface area (Å²) in [6.45, 7) is 2.90. The maximum absolute atomic E-state index is 12.1. The average Bonchev–Trinajstić information content (AvgIpc) is 3.10. The van der Waals surface area contributed by atoms with E-state index >= 15 is 0 Å². The van der Waals surface area contributed by atoms with Gasteiger partial charge in [-0.15, -0.1) is 0 Å². The molecule has 0 saturated heterocycles. The Morgan fingerprint density at radius 3 is 2.73 bits per heavy atom. The second-order valence-electron chi connectivity index (χ2n) is 6.04. The van der Waals surface area contributed by atoms with Crippen molar-refractivity contribution < 1.29 is 14.3 Å². The molecular formula is C19H24Cl2N2O3. The van der Waals surface area contributed by atoms with Crippen molar-refractivity contribution in [2.75, 3.05) is 6.61 Å². The number of unbranched alkanes of at least 4 members (excludes halogenated alkanes) is 4. The molecule has 0 aliphatic carbocycles. The fourth-order valence-electron chi connectivity index (χ4n) is 2.56. The van der Waals surface area contributed by atoms with Crippen LogP contribution in [-0.4, -0.2) is 22.3 Å². The molecule has 0 aliphatic rings. The molecule has 1 aromatic carbocycles. The van der Waals surface area contributed by atoms with Crippen LogP contribution < -0.4 is 0 Å². The lowest BCUT2D eigenvalue weighted by Crippen LogP contribution is -2.18. The van der Waals surface area contributed by atoms with Crippen LogP contribution in [0.3, 0.4) is 0 Å². The van der Waals surface area contributed by atoms with E-state index in [1.165, 1.54) is 12.8 Å². The number of hydrogen-bond acceptors (Lipinski definition) is 4. The predicted octanol–water partition coefficient (Wildman–Crippen LogP) is 6.05. The molecule has 0 bridgehead atoms. The summed E-state index contributed by atoms with van der Waals surface area (Å²) >= 11 is 12.2. The van der Waals surface area contributed by atoms with Gasteiger partial charge in [0.05, 0.1) is 19.5 Å². The van der Waals surface area contributed by atoms with E-state index in [2.05, 4.69) is 11.9 Å². The lowest BCUT2D eigenvalue weighted by atomic mass is 10.1. The zero-order chi connectivity index (χ0) is 18.8. The Labute approximate surface area is 164 Å². The van der Waals surface area contributed by atoms with E-state index in [1.807, 2.05) is 4.57 Å². The minimum atomic E-state index is -0.698. The van der Waals surface area contributed by atoms with Gasteiger partial charge in [-0.25, -0.2) is 9.78 Å². The normalized spacial score (nSPS) is 12.0. The van der Waals surface area contributed by atoms with Gasteiger partial charge in [0.25, 0.3) is 0 Å². The van der Waals surface area contributed by atoms with Crippen LogP contribution in [0, 0.1) is 0 Å². The number of aromatic nitrogens is 2. The van der Waals surface area contributed by atoms with Crippen LogP contribution in [0.4, 0.5) is 4.79 Å². The topological polar surface area (TPSA) is 53.4 Å². The van der Waals surface area contributed by atoms with Crippen molar-refractivity contribution in [3.05, 3.63) is 52.5 Å². The van der Waals surface area contributed by atoms with Crippen molar-refractivity contribution in [3.8, 4) is 0 Å². The highest BCUT2D eigenvalue weighted by atomic mass is 35.5. The first-order valence-corrected chi connectivity index (χ1v) is 9.60. The highest BCUT2D eigenvalue weighted by molar-refractivity contribution is 6.35. The maximum atomic E-state index is 12.1. The Kier molecular flexibility index (Phi) is 8.78. The first-order chi connectivity index (χ1) is 12.6. The smallest absolute Gasteiger partial charge is 0.434 e. The third kappa shape index (κ3) is 6.89. The summed E-state index contributed by atoms with van der Waals surface area (Å²) in [5, 5.41) is 0.963. The van der Waals surface area contributed by atoms with Crippen LogP contribution in [0.2, 0.25) is 10.0 Å². The second kappa shape index (κ2) is 11.1. The highest BCUT2D eigenvalue weighted by Crippen LogP contribution is 2.30. The minimum absolute atomic E-state index is 0.356. The lowest BCUT2D eigenvalue weighted by Gasteiger charge is -2.19. The number of carbonyl (C=O) groups excluding carboxylic acids is 1. The van der Waals surface area contributed by atoms with Gasteiger partial charge in [0, 0.05) is 28.0 Å². The van der Waals surface area contributed by atoms with E-state index in [4.69, 9.17) is 32.7 Å². The molecule has 142 valence electrons. The molecule has 0 fully saturated rings. The molecule has 1 atom stereocenters. The van der Waals surface area contributed by atoms with Crippen molar-refractivity contribution >= 4 is 29.4 Å². The number of ether oxygens (including phenoxy) is 2. The molecule has 0 saturated carbocycles. The number of carbonyl (C=O) groups is 1. The molecule has 26 heavy (non-hydrogen) atoms. The van der Waals surface area contributed by atoms with Gasteiger partial charge in [0.2, 0.25) is 0 Å². The van der Waals surface area contributed by atoms with Crippen LogP contribution in [-0.2, 0) is 16.0 Å². The van der Waals surface area contributed by atoms with E-state index in [0.29, 0.717) is 28.8 Å². The standard InChI is InChI=1S/C19H24Cl2N2O3/c1-2-3-4-5-6-11-25-19(24)26-18(13-23-10-9-22-14-23)16-8-7-15(20)12-17(16)21/h7-10,12,14,18H,2-6,11,13H2,1H3. The number of imidazole rings is 1. The van der Waals surface area contributed by atoms with Gasteiger partial charge in [-0.1, -0.05) is 61.9 Å². The maximum Gasteiger partial charge on any atom is 0.508 e. The Bertz CT molecular complexity index is 677. The Balaban J connectivity index is 1.94. The van der Waals surface area contributed by atoms with E-state index in [-0.39, 0.29) is 0 Å². The quantitative estimate of drug-likeness (QED) is 0.360. The molecule has 0 N–H and O–H groups in total. The molecule has 1 heterocycles. The Hall–Kier alpha value is -1.72. The number of nitrogens with zero attached hydrogens (tertiary/aromatic N) is 2. The fourth-order valence-corrected chi connectivity index (χ4v) is 3.09. The molecular weight excluding hydrogens is 375 g/mol. The molecule has 2 rings (SSSR count). The van der Waals surface area contributed by atoms with Gasteiger partial charge in [0.1, 0.15) is 6.10 Å². The number of hydrogen-bond donors (Lipinski definition) is 0. The first-order valence-electron chi connectivity index (χ1n) is 8.84. The first kappa shape index (κ1) is 20.6. The van der Waals surface area contributed by atoms with E-state index < -0.39 is 12.3 Å². The molecule has 1 aromatic heterocycles. The fraction of sp³-hybridized carbons (Fsp3) is 0.474.